The molecule has 1 aromatic heterocycles. The molecule has 0 bridgehead atoms. The van der Waals surface area contributed by atoms with Gasteiger partial charge >= 0.3 is 6.03 Å². The van der Waals surface area contributed by atoms with Gasteiger partial charge in [-0.3, -0.25) is 14.9 Å². The molecule has 2 rings (SSSR count). The predicted molar refractivity (Wildman–Crippen MR) is 73.4 cm³/mol. The number of aromatic nitrogens is 1. The SMILES string of the molecule is Cc1nc(CCNC(=O)C[C@H]2NC(=O)NC2=O)sc1C. The molecule has 4 amide bonds. The van der Waals surface area contributed by atoms with Gasteiger partial charge in [0.05, 0.1) is 17.1 Å². The van der Waals surface area contributed by atoms with Gasteiger partial charge < -0.3 is 10.6 Å². The normalized spacial score (nSPS) is 17.8. The third-order valence-corrected chi connectivity index (χ3v) is 4.11. The standard InChI is InChI=1S/C12H16N4O3S/c1-6-7(2)20-10(14-6)3-4-13-9(17)5-8-11(18)16-12(19)15-8/h8H,3-5H2,1-2H3,(H,13,17)(H2,15,16,18,19)/t8-/m1/s1. The molecule has 1 atom stereocenters. The van der Waals surface area contributed by atoms with Crippen molar-refractivity contribution in [2.45, 2.75) is 32.7 Å². The van der Waals surface area contributed by atoms with Crippen molar-refractivity contribution in [1.82, 2.24) is 20.9 Å². The number of hydrogen-bond donors (Lipinski definition) is 3. The van der Waals surface area contributed by atoms with Crippen LogP contribution in [0.15, 0.2) is 0 Å². The molecule has 1 fully saturated rings. The van der Waals surface area contributed by atoms with Crippen LogP contribution in [-0.2, 0) is 16.0 Å². The summed E-state index contributed by atoms with van der Waals surface area (Å²) in [6, 6.07) is -1.33. The number of nitrogens with zero attached hydrogens (tertiary/aromatic N) is 1. The molecule has 0 aliphatic carbocycles. The van der Waals surface area contributed by atoms with Crippen molar-refractivity contribution >= 4 is 29.2 Å². The topological polar surface area (TPSA) is 100 Å². The Morgan fingerprint density at radius 2 is 2.15 bits per heavy atom. The zero-order chi connectivity index (χ0) is 14.7. The molecule has 0 spiro atoms. The van der Waals surface area contributed by atoms with E-state index in [9.17, 15) is 14.4 Å². The van der Waals surface area contributed by atoms with E-state index in [2.05, 4.69) is 20.9 Å². The number of thiazole rings is 1. The smallest absolute Gasteiger partial charge is 0.322 e. The van der Waals surface area contributed by atoms with Crippen LogP contribution in [0.2, 0.25) is 0 Å². The first-order chi connectivity index (χ1) is 9.45. The molecular formula is C12H16N4O3S. The Kier molecular flexibility index (Phi) is 4.33. The number of carbonyl (C=O) groups is 3. The van der Waals surface area contributed by atoms with Crippen LogP contribution in [0, 0.1) is 13.8 Å². The third-order valence-electron chi connectivity index (χ3n) is 2.98. The molecule has 3 N–H and O–H groups in total. The highest BCUT2D eigenvalue weighted by Gasteiger charge is 2.31. The summed E-state index contributed by atoms with van der Waals surface area (Å²) in [7, 11) is 0. The van der Waals surface area contributed by atoms with E-state index in [1.54, 1.807) is 11.3 Å². The third kappa shape index (κ3) is 3.53. The van der Waals surface area contributed by atoms with Crippen LogP contribution in [0.25, 0.3) is 0 Å². The van der Waals surface area contributed by atoms with Crippen LogP contribution in [0.5, 0.6) is 0 Å². The van der Waals surface area contributed by atoms with Gasteiger partial charge in [-0.1, -0.05) is 0 Å². The molecule has 0 aromatic carbocycles. The van der Waals surface area contributed by atoms with Gasteiger partial charge in [0.25, 0.3) is 5.91 Å². The van der Waals surface area contributed by atoms with Crippen LogP contribution in [0.1, 0.15) is 22.0 Å². The summed E-state index contributed by atoms with van der Waals surface area (Å²) in [4.78, 5) is 39.4. The van der Waals surface area contributed by atoms with Crippen LogP contribution < -0.4 is 16.0 Å². The molecule has 7 nitrogen and oxygen atoms in total. The summed E-state index contributed by atoms with van der Waals surface area (Å²) in [6.07, 6.45) is 0.613. The van der Waals surface area contributed by atoms with Crippen molar-refractivity contribution in [2.75, 3.05) is 6.54 Å². The average Bonchev–Trinajstić information content (AvgIpc) is 2.83. The summed E-state index contributed by atoms with van der Waals surface area (Å²) >= 11 is 1.62. The minimum absolute atomic E-state index is 0.0481. The lowest BCUT2D eigenvalue weighted by molar-refractivity contribution is -0.126. The van der Waals surface area contributed by atoms with Gasteiger partial charge in [-0.05, 0) is 13.8 Å². The first kappa shape index (κ1) is 14.4. The first-order valence-electron chi connectivity index (χ1n) is 6.26. The molecule has 108 valence electrons. The number of hydrogen-bond acceptors (Lipinski definition) is 5. The lowest BCUT2D eigenvalue weighted by Crippen LogP contribution is -2.36. The van der Waals surface area contributed by atoms with Crippen LogP contribution in [-0.4, -0.2) is 35.4 Å². The van der Waals surface area contributed by atoms with Gasteiger partial charge in [-0.25, -0.2) is 9.78 Å². The van der Waals surface area contributed by atoms with Gasteiger partial charge in [0.15, 0.2) is 0 Å². The van der Waals surface area contributed by atoms with Crippen molar-refractivity contribution < 1.29 is 14.4 Å². The van der Waals surface area contributed by atoms with E-state index in [0.717, 1.165) is 10.7 Å². The molecule has 0 radical (unpaired) electrons. The number of carbonyl (C=O) groups excluding carboxylic acids is 3. The Labute approximate surface area is 120 Å². The zero-order valence-corrected chi connectivity index (χ0v) is 12.1. The van der Waals surface area contributed by atoms with Gasteiger partial charge in [0.1, 0.15) is 6.04 Å². The molecule has 2 heterocycles. The maximum absolute atomic E-state index is 11.7. The van der Waals surface area contributed by atoms with Crippen molar-refractivity contribution in [2.24, 2.45) is 0 Å². The highest BCUT2D eigenvalue weighted by atomic mass is 32.1. The Bertz CT molecular complexity index is 535. The van der Waals surface area contributed by atoms with E-state index in [1.165, 1.54) is 4.88 Å². The fraction of sp³-hybridized carbons (Fsp3) is 0.500. The Morgan fingerprint density at radius 1 is 1.40 bits per heavy atom. The molecule has 0 unspecified atom stereocenters. The van der Waals surface area contributed by atoms with E-state index in [0.29, 0.717) is 13.0 Å². The first-order valence-corrected chi connectivity index (χ1v) is 7.08. The fourth-order valence-electron chi connectivity index (χ4n) is 1.82. The van der Waals surface area contributed by atoms with Gasteiger partial charge in [-0.2, -0.15) is 0 Å². The largest absolute Gasteiger partial charge is 0.356 e. The molecule has 8 heteroatoms. The maximum Gasteiger partial charge on any atom is 0.322 e. The lowest BCUT2D eigenvalue weighted by Gasteiger charge is -2.07. The van der Waals surface area contributed by atoms with Crippen molar-refractivity contribution in [1.29, 1.82) is 0 Å². The Balaban J connectivity index is 1.73. The van der Waals surface area contributed by atoms with E-state index < -0.39 is 18.0 Å². The monoisotopic (exact) mass is 296 g/mol. The van der Waals surface area contributed by atoms with Gasteiger partial charge in [0.2, 0.25) is 5.91 Å². The van der Waals surface area contributed by atoms with E-state index in [-0.39, 0.29) is 12.3 Å². The highest BCUT2D eigenvalue weighted by molar-refractivity contribution is 7.11. The summed E-state index contributed by atoms with van der Waals surface area (Å²) in [5, 5.41) is 8.17. The predicted octanol–water partition coefficient (Wildman–Crippen LogP) is 0.0167. The molecule has 1 aromatic rings. The Morgan fingerprint density at radius 3 is 2.70 bits per heavy atom. The number of rotatable bonds is 5. The second-order valence-corrected chi connectivity index (χ2v) is 5.86. The summed E-state index contributed by atoms with van der Waals surface area (Å²) in [5.41, 5.74) is 1.02. The second-order valence-electron chi connectivity index (χ2n) is 4.57. The van der Waals surface area contributed by atoms with Crippen LogP contribution >= 0.6 is 11.3 Å². The molecule has 1 aliphatic heterocycles. The highest BCUT2D eigenvalue weighted by Crippen LogP contribution is 2.16. The minimum atomic E-state index is -0.771. The molecule has 1 aliphatic rings. The lowest BCUT2D eigenvalue weighted by atomic mass is 10.2. The summed E-state index contributed by atoms with van der Waals surface area (Å²) in [6.45, 7) is 4.43. The van der Waals surface area contributed by atoms with Crippen molar-refractivity contribution in [3.05, 3.63) is 15.6 Å². The molecule has 1 saturated heterocycles. The van der Waals surface area contributed by atoms with Crippen LogP contribution in [0.3, 0.4) is 0 Å². The second kappa shape index (κ2) is 6.00. The van der Waals surface area contributed by atoms with E-state index in [4.69, 9.17) is 0 Å². The molecule has 0 saturated carbocycles. The van der Waals surface area contributed by atoms with Gasteiger partial charge in [0, 0.05) is 17.8 Å². The number of aryl methyl sites for hydroxylation is 2. The molecule has 20 heavy (non-hydrogen) atoms. The summed E-state index contributed by atoms with van der Waals surface area (Å²) in [5.74, 6) is -0.728. The number of urea groups is 1. The number of imide groups is 1. The number of nitrogens with one attached hydrogen (secondary N) is 3. The minimum Gasteiger partial charge on any atom is -0.356 e. The Hall–Kier alpha value is -1.96. The maximum atomic E-state index is 11.7. The van der Waals surface area contributed by atoms with Crippen LogP contribution in [0.4, 0.5) is 4.79 Å². The van der Waals surface area contributed by atoms with Gasteiger partial charge in [-0.15, -0.1) is 11.3 Å². The number of amides is 4. The van der Waals surface area contributed by atoms with E-state index in [1.807, 2.05) is 13.8 Å². The zero-order valence-electron chi connectivity index (χ0n) is 11.3. The van der Waals surface area contributed by atoms with E-state index >= 15 is 0 Å². The van der Waals surface area contributed by atoms with Crippen molar-refractivity contribution in [3.63, 3.8) is 0 Å². The average molecular weight is 296 g/mol. The molecular weight excluding hydrogens is 280 g/mol. The van der Waals surface area contributed by atoms with Crippen molar-refractivity contribution in [3.8, 4) is 0 Å². The fourth-order valence-corrected chi connectivity index (χ4v) is 2.75. The summed E-state index contributed by atoms with van der Waals surface area (Å²) < 4.78 is 0. The quantitative estimate of drug-likeness (QED) is 0.667.